The van der Waals surface area contributed by atoms with Gasteiger partial charge in [-0.05, 0) is 35.7 Å². The third-order valence-corrected chi connectivity index (χ3v) is 3.86. The minimum absolute atomic E-state index is 0.191. The van der Waals surface area contributed by atoms with Gasteiger partial charge < -0.3 is 15.2 Å². The average Bonchev–Trinajstić information content (AvgIpc) is 3.17. The van der Waals surface area contributed by atoms with Crippen molar-refractivity contribution in [3.05, 3.63) is 65.7 Å². The molecule has 0 fully saturated rings. The van der Waals surface area contributed by atoms with Crippen LogP contribution in [0, 0.1) is 0 Å². The quantitative estimate of drug-likeness (QED) is 0.683. The summed E-state index contributed by atoms with van der Waals surface area (Å²) in [4.78, 5) is 20.1. The van der Waals surface area contributed by atoms with E-state index in [1.54, 1.807) is 12.4 Å². The Morgan fingerprint density at radius 3 is 2.65 bits per heavy atom. The van der Waals surface area contributed by atoms with Gasteiger partial charge in [0.05, 0.1) is 0 Å². The first-order valence-corrected chi connectivity index (χ1v) is 8.57. The Morgan fingerprint density at radius 2 is 1.96 bits per heavy atom. The fourth-order valence-electron chi connectivity index (χ4n) is 2.40. The van der Waals surface area contributed by atoms with Crippen LogP contribution in [0.15, 0.2) is 53.3 Å². The minimum Gasteiger partial charge on any atom is -0.338 e. The van der Waals surface area contributed by atoms with E-state index >= 15 is 0 Å². The molecule has 0 aliphatic rings. The van der Waals surface area contributed by atoms with Crippen molar-refractivity contribution < 1.29 is 9.32 Å². The molecular weight excluding hydrogens is 330 g/mol. The second-order valence-corrected chi connectivity index (χ2v) is 5.79. The Bertz CT molecular complexity index is 831. The predicted octanol–water partition coefficient (Wildman–Crippen LogP) is 2.74. The molecule has 2 N–H and O–H groups in total. The van der Waals surface area contributed by atoms with Crippen LogP contribution in [0.3, 0.4) is 0 Å². The third kappa shape index (κ3) is 4.89. The number of aromatic nitrogens is 3. The molecule has 7 nitrogen and oxygen atoms in total. The van der Waals surface area contributed by atoms with E-state index in [1.165, 1.54) is 0 Å². The maximum Gasteiger partial charge on any atom is 0.315 e. The van der Waals surface area contributed by atoms with Crippen LogP contribution < -0.4 is 10.6 Å². The lowest BCUT2D eigenvalue weighted by molar-refractivity contribution is 0.240. The van der Waals surface area contributed by atoms with Gasteiger partial charge >= 0.3 is 6.03 Å². The normalized spacial score (nSPS) is 10.5. The molecule has 0 saturated heterocycles. The molecule has 2 heterocycles. The number of amides is 2. The van der Waals surface area contributed by atoms with Crippen LogP contribution in [0.25, 0.3) is 11.5 Å². The lowest BCUT2D eigenvalue weighted by Gasteiger charge is -2.08. The van der Waals surface area contributed by atoms with Gasteiger partial charge in [-0.25, -0.2) is 4.79 Å². The summed E-state index contributed by atoms with van der Waals surface area (Å²) >= 11 is 0. The van der Waals surface area contributed by atoms with Gasteiger partial charge in [0.25, 0.3) is 5.89 Å². The van der Waals surface area contributed by atoms with E-state index in [1.807, 2.05) is 43.3 Å². The summed E-state index contributed by atoms with van der Waals surface area (Å²) in [6, 6.07) is 11.5. The highest BCUT2D eigenvalue weighted by atomic mass is 16.5. The molecule has 0 aliphatic heterocycles. The number of urea groups is 1. The maximum atomic E-state index is 11.8. The van der Waals surface area contributed by atoms with Crippen molar-refractivity contribution in [2.24, 2.45) is 0 Å². The summed E-state index contributed by atoms with van der Waals surface area (Å²) in [6.45, 7) is 2.99. The van der Waals surface area contributed by atoms with E-state index in [-0.39, 0.29) is 6.03 Å². The van der Waals surface area contributed by atoms with Crippen LogP contribution in [-0.4, -0.2) is 27.7 Å². The zero-order valence-electron chi connectivity index (χ0n) is 14.6. The van der Waals surface area contributed by atoms with Crippen LogP contribution in [0.2, 0.25) is 0 Å². The van der Waals surface area contributed by atoms with Crippen molar-refractivity contribution in [3.63, 3.8) is 0 Å². The zero-order valence-corrected chi connectivity index (χ0v) is 14.6. The summed E-state index contributed by atoms with van der Waals surface area (Å²) in [7, 11) is 0. The molecule has 3 aromatic rings. The van der Waals surface area contributed by atoms with Gasteiger partial charge in [-0.3, -0.25) is 4.98 Å². The van der Waals surface area contributed by atoms with Crippen molar-refractivity contribution in [1.29, 1.82) is 0 Å². The fourth-order valence-corrected chi connectivity index (χ4v) is 2.40. The number of aryl methyl sites for hydroxylation is 1. The van der Waals surface area contributed by atoms with Gasteiger partial charge in [0.2, 0.25) is 0 Å². The highest BCUT2D eigenvalue weighted by Gasteiger charge is 2.07. The van der Waals surface area contributed by atoms with E-state index < -0.39 is 0 Å². The molecule has 0 aliphatic carbocycles. The first kappa shape index (κ1) is 17.6. The molecule has 2 amide bonds. The molecule has 0 radical (unpaired) electrons. The van der Waals surface area contributed by atoms with Gasteiger partial charge in [-0.15, -0.1) is 0 Å². The number of pyridine rings is 1. The second kappa shape index (κ2) is 8.75. The second-order valence-electron chi connectivity index (χ2n) is 5.79. The number of nitrogens with one attached hydrogen (secondary N) is 2. The van der Waals surface area contributed by atoms with Gasteiger partial charge in [0.15, 0.2) is 5.82 Å². The van der Waals surface area contributed by atoms with Crippen molar-refractivity contribution in [2.45, 2.75) is 26.3 Å². The first-order chi connectivity index (χ1) is 12.7. The number of nitrogens with zero attached hydrogens (tertiary/aromatic N) is 3. The van der Waals surface area contributed by atoms with E-state index in [0.717, 1.165) is 29.5 Å². The summed E-state index contributed by atoms with van der Waals surface area (Å²) in [5.74, 6) is 1.23. The molecule has 0 saturated carbocycles. The molecular formula is C19H21N5O2. The summed E-state index contributed by atoms with van der Waals surface area (Å²) in [5.41, 5.74) is 2.98. The molecule has 0 atom stereocenters. The molecule has 7 heteroatoms. The Hall–Kier alpha value is -3.22. The van der Waals surface area contributed by atoms with Crippen LogP contribution in [0.1, 0.15) is 23.9 Å². The maximum absolute atomic E-state index is 11.8. The van der Waals surface area contributed by atoms with Gasteiger partial charge in [0, 0.05) is 37.5 Å². The Morgan fingerprint density at radius 1 is 1.12 bits per heavy atom. The summed E-state index contributed by atoms with van der Waals surface area (Å²) < 4.78 is 5.23. The van der Waals surface area contributed by atoms with Crippen molar-refractivity contribution >= 4 is 6.03 Å². The topological polar surface area (TPSA) is 92.9 Å². The van der Waals surface area contributed by atoms with E-state index in [2.05, 4.69) is 25.8 Å². The number of hydrogen-bond acceptors (Lipinski definition) is 5. The standard InChI is InChI=1S/C19H21N5O2/c1-2-17-23-18(26-24-17)16-7-5-14(6-8-16)9-11-21-19(25)22-13-15-4-3-10-20-12-15/h3-8,10,12H,2,9,11,13H2,1H3,(H2,21,22,25). The van der Waals surface area contributed by atoms with Gasteiger partial charge in [-0.1, -0.05) is 30.3 Å². The van der Waals surface area contributed by atoms with Crippen LogP contribution in [-0.2, 0) is 19.4 Å². The lowest BCUT2D eigenvalue weighted by atomic mass is 10.1. The van der Waals surface area contributed by atoms with Crippen molar-refractivity contribution in [1.82, 2.24) is 25.8 Å². The molecule has 134 valence electrons. The summed E-state index contributed by atoms with van der Waals surface area (Å²) in [6.07, 6.45) is 4.92. The molecule has 26 heavy (non-hydrogen) atoms. The number of benzene rings is 1. The Labute approximate surface area is 151 Å². The molecule has 3 rings (SSSR count). The highest BCUT2D eigenvalue weighted by molar-refractivity contribution is 5.73. The number of carbonyl (C=O) groups excluding carboxylic acids is 1. The zero-order chi connectivity index (χ0) is 18.2. The van der Waals surface area contributed by atoms with Crippen LogP contribution >= 0.6 is 0 Å². The van der Waals surface area contributed by atoms with Crippen molar-refractivity contribution in [2.75, 3.05) is 6.54 Å². The van der Waals surface area contributed by atoms with Gasteiger partial charge in [-0.2, -0.15) is 4.98 Å². The number of hydrogen-bond donors (Lipinski definition) is 2. The largest absolute Gasteiger partial charge is 0.338 e. The molecule has 0 bridgehead atoms. The smallest absolute Gasteiger partial charge is 0.315 e. The monoisotopic (exact) mass is 351 g/mol. The van der Waals surface area contributed by atoms with Crippen LogP contribution in [0.5, 0.6) is 0 Å². The Kier molecular flexibility index (Phi) is 5.92. The van der Waals surface area contributed by atoms with E-state index in [9.17, 15) is 4.79 Å². The molecule has 0 spiro atoms. The minimum atomic E-state index is -0.191. The average molecular weight is 351 g/mol. The first-order valence-electron chi connectivity index (χ1n) is 8.57. The lowest BCUT2D eigenvalue weighted by Crippen LogP contribution is -2.36. The highest BCUT2D eigenvalue weighted by Crippen LogP contribution is 2.18. The molecule has 2 aromatic heterocycles. The number of rotatable bonds is 7. The van der Waals surface area contributed by atoms with Crippen molar-refractivity contribution in [3.8, 4) is 11.5 Å². The third-order valence-electron chi connectivity index (χ3n) is 3.86. The SMILES string of the molecule is CCc1noc(-c2ccc(CCNC(=O)NCc3cccnc3)cc2)n1. The Balaban J connectivity index is 1.42. The fraction of sp³-hybridized carbons (Fsp3) is 0.263. The number of carbonyl (C=O) groups is 1. The van der Waals surface area contributed by atoms with Gasteiger partial charge in [0.1, 0.15) is 0 Å². The molecule has 0 unspecified atom stereocenters. The molecule has 1 aromatic carbocycles. The van der Waals surface area contributed by atoms with Crippen LogP contribution in [0.4, 0.5) is 4.79 Å². The van der Waals surface area contributed by atoms with E-state index in [0.29, 0.717) is 24.8 Å². The summed E-state index contributed by atoms with van der Waals surface area (Å²) in [5, 5.41) is 9.55. The predicted molar refractivity (Wildman–Crippen MR) is 97.3 cm³/mol. The van der Waals surface area contributed by atoms with E-state index in [4.69, 9.17) is 4.52 Å².